The zero-order chi connectivity index (χ0) is 14.3. The summed E-state index contributed by atoms with van der Waals surface area (Å²) in [5.74, 6) is 0.444. The Bertz CT molecular complexity index is 424. The molecule has 104 valence electrons. The van der Waals surface area contributed by atoms with Crippen molar-refractivity contribution in [1.29, 1.82) is 0 Å². The van der Waals surface area contributed by atoms with Crippen LogP contribution in [0.1, 0.15) is 24.2 Å². The monoisotopic (exact) mass is 265 g/mol. The Morgan fingerprint density at radius 3 is 2.16 bits per heavy atom. The van der Waals surface area contributed by atoms with E-state index in [0.29, 0.717) is 24.4 Å². The first-order valence-electron chi connectivity index (χ1n) is 6.21. The summed E-state index contributed by atoms with van der Waals surface area (Å²) in [6.07, 6.45) is -0.466. The predicted octanol–water partition coefficient (Wildman–Crippen LogP) is 2.36. The van der Waals surface area contributed by atoms with Crippen LogP contribution in [0.25, 0.3) is 0 Å². The number of rotatable bonds is 6. The molecule has 1 rings (SSSR count). The highest BCUT2D eigenvalue weighted by Gasteiger charge is 2.14. The van der Waals surface area contributed by atoms with Crippen molar-refractivity contribution in [3.63, 3.8) is 0 Å². The van der Waals surface area contributed by atoms with Crippen LogP contribution in [0.15, 0.2) is 24.3 Å². The fourth-order valence-electron chi connectivity index (χ4n) is 1.56. The van der Waals surface area contributed by atoms with Gasteiger partial charge >= 0.3 is 6.09 Å². The van der Waals surface area contributed by atoms with E-state index in [1.165, 1.54) is 4.90 Å². The van der Waals surface area contributed by atoms with Crippen LogP contribution in [0, 0.1) is 0 Å². The maximum absolute atomic E-state index is 11.8. The third kappa shape index (κ3) is 4.28. The summed E-state index contributed by atoms with van der Waals surface area (Å²) in [6.45, 7) is 4.59. The van der Waals surface area contributed by atoms with Crippen molar-refractivity contribution in [1.82, 2.24) is 4.90 Å². The van der Waals surface area contributed by atoms with Crippen molar-refractivity contribution in [2.24, 2.45) is 0 Å². The second-order valence-electron chi connectivity index (χ2n) is 3.88. The fraction of sp³-hybridized carbons (Fsp3) is 0.429. The molecule has 0 aliphatic carbocycles. The molecule has 0 spiro atoms. The normalized spacial score (nSPS) is 9.84. The van der Waals surface area contributed by atoms with Crippen LogP contribution in [-0.2, 0) is 4.74 Å². The quantitative estimate of drug-likeness (QED) is 0.741. The number of methoxy groups -OCH3 is 1. The lowest BCUT2D eigenvalue weighted by atomic mass is 10.1. The smallest absolute Gasteiger partial charge is 0.410 e. The minimum Gasteiger partial charge on any atom is -0.497 e. The summed E-state index contributed by atoms with van der Waals surface area (Å²) in [5, 5.41) is 0. The lowest BCUT2D eigenvalue weighted by molar-refractivity contribution is 0.0762. The molecule has 0 N–H and O–H groups in total. The molecule has 19 heavy (non-hydrogen) atoms. The van der Waals surface area contributed by atoms with E-state index in [4.69, 9.17) is 9.47 Å². The molecule has 0 heterocycles. The zero-order valence-corrected chi connectivity index (χ0v) is 11.5. The second-order valence-corrected chi connectivity index (χ2v) is 3.88. The number of ether oxygens (including phenoxy) is 2. The van der Waals surface area contributed by atoms with Gasteiger partial charge in [-0.3, -0.25) is 4.79 Å². The van der Waals surface area contributed by atoms with Gasteiger partial charge in [0.2, 0.25) is 0 Å². The number of nitrogens with zero attached hydrogens (tertiary/aromatic N) is 1. The zero-order valence-electron chi connectivity index (χ0n) is 11.5. The van der Waals surface area contributed by atoms with Crippen LogP contribution >= 0.6 is 0 Å². The number of carbonyl (C=O) groups excluding carboxylic acids is 2. The number of carbonyl (C=O) groups is 2. The lowest BCUT2D eigenvalue weighted by Crippen LogP contribution is -2.32. The molecule has 5 nitrogen and oxygen atoms in total. The van der Waals surface area contributed by atoms with E-state index in [1.807, 2.05) is 13.8 Å². The summed E-state index contributed by atoms with van der Waals surface area (Å²) >= 11 is 0. The van der Waals surface area contributed by atoms with Crippen LogP contribution in [0.3, 0.4) is 0 Å². The summed E-state index contributed by atoms with van der Waals surface area (Å²) in [5.41, 5.74) is 0.494. The SMILES string of the molecule is CCN(CC)C(=O)OCC(=O)c1ccc(OC)cc1. The molecule has 1 aromatic carbocycles. The summed E-state index contributed by atoms with van der Waals surface area (Å²) in [6, 6.07) is 6.68. The van der Waals surface area contributed by atoms with Crippen molar-refractivity contribution in [3.8, 4) is 5.75 Å². The summed E-state index contributed by atoms with van der Waals surface area (Å²) in [7, 11) is 1.56. The van der Waals surface area contributed by atoms with E-state index in [2.05, 4.69) is 0 Å². The molecule has 0 saturated heterocycles. The number of hydrogen-bond acceptors (Lipinski definition) is 4. The number of Topliss-reactive ketones (excluding diaryl/α,β-unsaturated/α-hetero) is 1. The van der Waals surface area contributed by atoms with Gasteiger partial charge in [-0.2, -0.15) is 0 Å². The third-order valence-electron chi connectivity index (χ3n) is 2.76. The van der Waals surface area contributed by atoms with Gasteiger partial charge in [-0.1, -0.05) is 0 Å². The maximum atomic E-state index is 11.8. The van der Waals surface area contributed by atoms with E-state index in [1.54, 1.807) is 31.4 Å². The number of hydrogen-bond donors (Lipinski definition) is 0. The van der Waals surface area contributed by atoms with Crippen LogP contribution in [-0.4, -0.2) is 43.6 Å². The third-order valence-corrected chi connectivity index (χ3v) is 2.76. The van der Waals surface area contributed by atoms with Gasteiger partial charge in [-0.05, 0) is 38.1 Å². The topological polar surface area (TPSA) is 55.8 Å². The molecule has 0 fully saturated rings. The fourth-order valence-corrected chi connectivity index (χ4v) is 1.56. The molecular weight excluding hydrogens is 246 g/mol. The Morgan fingerprint density at radius 1 is 1.11 bits per heavy atom. The van der Waals surface area contributed by atoms with Gasteiger partial charge in [0.1, 0.15) is 5.75 Å². The average molecular weight is 265 g/mol. The molecule has 0 saturated carbocycles. The van der Waals surface area contributed by atoms with Gasteiger partial charge in [0.25, 0.3) is 0 Å². The number of amides is 1. The van der Waals surface area contributed by atoms with Gasteiger partial charge in [-0.15, -0.1) is 0 Å². The summed E-state index contributed by atoms with van der Waals surface area (Å²) < 4.78 is 9.97. The molecular formula is C14H19NO4. The Labute approximate surface area is 113 Å². The lowest BCUT2D eigenvalue weighted by Gasteiger charge is -2.17. The van der Waals surface area contributed by atoms with Crippen molar-refractivity contribution in [2.45, 2.75) is 13.8 Å². The summed E-state index contributed by atoms with van der Waals surface area (Å²) in [4.78, 5) is 24.9. The molecule has 0 bridgehead atoms. The van der Waals surface area contributed by atoms with Gasteiger partial charge in [-0.25, -0.2) is 4.79 Å². The first-order chi connectivity index (χ1) is 9.12. The molecule has 0 radical (unpaired) electrons. The van der Waals surface area contributed by atoms with E-state index in [0.717, 1.165) is 0 Å². The van der Waals surface area contributed by atoms with E-state index in [-0.39, 0.29) is 12.4 Å². The molecule has 1 aromatic rings. The highest BCUT2D eigenvalue weighted by molar-refractivity contribution is 5.97. The molecule has 0 aromatic heterocycles. The van der Waals surface area contributed by atoms with Crippen molar-refractivity contribution >= 4 is 11.9 Å². The van der Waals surface area contributed by atoms with E-state index in [9.17, 15) is 9.59 Å². The average Bonchev–Trinajstić information content (AvgIpc) is 2.46. The predicted molar refractivity (Wildman–Crippen MR) is 71.6 cm³/mol. The Hall–Kier alpha value is -2.04. The first kappa shape index (κ1) is 15.0. The van der Waals surface area contributed by atoms with E-state index < -0.39 is 6.09 Å². The first-order valence-corrected chi connectivity index (χ1v) is 6.21. The molecule has 1 amide bonds. The van der Waals surface area contributed by atoms with Crippen LogP contribution < -0.4 is 4.74 Å². The molecule has 0 aliphatic heterocycles. The van der Waals surface area contributed by atoms with Crippen molar-refractivity contribution < 1.29 is 19.1 Å². The number of ketones is 1. The van der Waals surface area contributed by atoms with E-state index >= 15 is 0 Å². The van der Waals surface area contributed by atoms with Gasteiger partial charge in [0.15, 0.2) is 12.4 Å². The molecule has 0 aliphatic rings. The second kappa shape index (κ2) is 7.41. The van der Waals surface area contributed by atoms with Crippen molar-refractivity contribution in [2.75, 3.05) is 26.8 Å². The standard InChI is InChI=1S/C14H19NO4/c1-4-15(5-2)14(17)19-10-13(16)11-6-8-12(18-3)9-7-11/h6-9H,4-5,10H2,1-3H3. The molecule has 0 atom stereocenters. The van der Waals surface area contributed by atoms with Crippen LogP contribution in [0.5, 0.6) is 5.75 Å². The highest BCUT2D eigenvalue weighted by atomic mass is 16.6. The van der Waals surface area contributed by atoms with Gasteiger partial charge in [0.05, 0.1) is 7.11 Å². The van der Waals surface area contributed by atoms with Gasteiger partial charge in [0, 0.05) is 18.7 Å². The Morgan fingerprint density at radius 2 is 1.68 bits per heavy atom. The largest absolute Gasteiger partial charge is 0.497 e. The van der Waals surface area contributed by atoms with Crippen LogP contribution in [0.2, 0.25) is 0 Å². The van der Waals surface area contributed by atoms with Gasteiger partial charge < -0.3 is 14.4 Å². The van der Waals surface area contributed by atoms with Crippen LogP contribution in [0.4, 0.5) is 4.79 Å². The highest BCUT2D eigenvalue weighted by Crippen LogP contribution is 2.11. The van der Waals surface area contributed by atoms with Crippen molar-refractivity contribution in [3.05, 3.63) is 29.8 Å². The molecule has 5 heteroatoms. The number of benzene rings is 1. The Kier molecular flexibility index (Phi) is 5.85. The molecule has 0 unspecified atom stereocenters. The minimum atomic E-state index is -0.466. The minimum absolute atomic E-state index is 0.233. The Balaban J connectivity index is 2.52. The maximum Gasteiger partial charge on any atom is 0.410 e.